The number of nitrogens with zero attached hydrogens (tertiary/aromatic N) is 2. The number of hydrogen-bond donors (Lipinski definition) is 1. The zero-order valence-corrected chi connectivity index (χ0v) is 20.8. The van der Waals surface area contributed by atoms with Crippen molar-refractivity contribution in [2.45, 2.75) is 31.6 Å². The summed E-state index contributed by atoms with van der Waals surface area (Å²) in [5.41, 5.74) is 1.49. The van der Waals surface area contributed by atoms with Gasteiger partial charge in [-0.15, -0.1) is 0 Å². The zero-order chi connectivity index (χ0) is 24.6. The average molecular weight is 528 g/mol. The summed E-state index contributed by atoms with van der Waals surface area (Å²) in [5.74, 6) is -1.93. The molecule has 11 heteroatoms. The molecule has 1 saturated carbocycles. The van der Waals surface area contributed by atoms with Gasteiger partial charge in [0.25, 0.3) is 11.8 Å². The van der Waals surface area contributed by atoms with Crippen molar-refractivity contribution in [3.63, 3.8) is 0 Å². The molecule has 0 aromatic heterocycles. The molecule has 7 nitrogen and oxygen atoms in total. The second kappa shape index (κ2) is 9.81. The number of nitrogens with one attached hydrogen (secondary N) is 1. The van der Waals surface area contributed by atoms with E-state index < -0.39 is 32.6 Å². The number of halogens is 3. The van der Waals surface area contributed by atoms with Crippen molar-refractivity contribution in [2.24, 2.45) is 0 Å². The van der Waals surface area contributed by atoms with Gasteiger partial charge >= 0.3 is 0 Å². The smallest absolute Gasteiger partial charge is 0.267 e. The van der Waals surface area contributed by atoms with E-state index in [9.17, 15) is 22.4 Å². The Bertz CT molecular complexity index is 1240. The summed E-state index contributed by atoms with van der Waals surface area (Å²) >= 11 is 12.3. The highest BCUT2D eigenvalue weighted by atomic mass is 35.5. The quantitative estimate of drug-likeness (QED) is 0.619. The predicted octanol–water partition coefficient (Wildman–Crippen LogP) is 3.62. The lowest BCUT2D eigenvalue weighted by atomic mass is 10.1. The first kappa shape index (κ1) is 24.9. The van der Waals surface area contributed by atoms with Gasteiger partial charge in [0.2, 0.25) is 10.0 Å². The molecule has 0 spiro atoms. The lowest BCUT2D eigenvalue weighted by molar-refractivity contribution is 0.0628. The van der Waals surface area contributed by atoms with Gasteiger partial charge < -0.3 is 4.90 Å². The molecule has 0 atom stereocenters. The molecule has 1 N–H and O–H groups in total. The summed E-state index contributed by atoms with van der Waals surface area (Å²) in [4.78, 5) is 28.9. The molecular weight excluding hydrogens is 504 g/mol. The molecular formula is C23H24Cl2FN3O4S. The van der Waals surface area contributed by atoms with Crippen LogP contribution in [0.5, 0.6) is 0 Å². The Morgan fingerprint density at radius 2 is 1.74 bits per heavy atom. The molecule has 2 aromatic carbocycles. The van der Waals surface area contributed by atoms with Crippen LogP contribution >= 0.6 is 23.2 Å². The van der Waals surface area contributed by atoms with Crippen molar-refractivity contribution in [1.82, 2.24) is 14.5 Å². The summed E-state index contributed by atoms with van der Waals surface area (Å²) < 4.78 is 40.5. The standard InChI is InChI=1S/C23H24Cl2FN3O4S/c1-14-10-15(2-5-19(14)24)23(31)29-8-6-28(7-9-29)13-16-11-21(26)18(12-20(16)25)22(30)27-34(32,33)17-3-4-17/h2,5,10-12,17H,3-4,6-9,13H2,1H3,(H,27,30). The van der Waals surface area contributed by atoms with Crippen LogP contribution in [0.2, 0.25) is 10.0 Å². The molecule has 1 aliphatic carbocycles. The van der Waals surface area contributed by atoms with Gasteiger partial charge in [0.05, 0.1) is 10.8 Å². The monoisotopic (exact) mass is 527 g/mol. The van der Waals surface area contributed by atoms with E-state index in [-0.39, 0.29) is 10.9 Å². The van der Waals surface area contributed by atoms with Crippen molar-refractivity contribution < 1.29 is 22.4 Å². The molecule has 2 amide bonds. The minimum absolute atomic E-state index is 0.0694. The van der Waals surface area contributed by atoms with Crippen molar-refractivity contribution in [3.8, 4) is 0 Å². The molecule has 2 aromatic rings. The second-order valence-corrected chi connectivity index (χ2v) is 11.4. The van der Waals surface area contributed by atoms with Crippen molar-refractivity contribution in [2.75, 3.05) is 26.2 Å². The minimum Gasteiger partial charge on any atom is -0.336 e. The number of carbonyl (C=O) groups is 2. The first-order chi connectivity index (χ1) is 16.0. The maximum absolute atomic E-state index is 14.6. The molecule has 34 heavy (non-hydrogen) atoms. The summed E-state index contributed by atoms with van der Waals surface area (Å²) in [6.45, 7) is 4.32. The van der Waals surface area contributed by atoms with Gasteiger partial charge in [0.15, 0.2) is 0 Å². The Labute approximate surface area is 207 Å². The number of hydrogen-bond acceptors (Lipinski definition) is 5. The van der Waals surface area contributed by atoms with Crippen LogP contribution in [-0.2, 0) is 16.6 Å². The normalized spacial score (nSPS) is 17.0. The van der Waals surface area contributed by atoms with E-state index in [2.05, 4.69) is 0 Å². The topological polar surface area (TPSA) is 86.8 Å². The van der Waals surface area contributed by atoms with Crippen LogP contribution in [0.1, 0.15) is 44.7 Å². The number of rotatable bonds is 6. The maximum atomic E-state index is 14.6. The van der Waals surface area contributed by atoms with Crippen LogP contribution in [0.4, 0.5) is 4.39 Å². The van der Waals surface area contributed by atoms with Gasteiger partial charge in [-0.2, -0.15) is 0 Å². The van der Waals surface area contributed by atoms with E-state index in [1.165, 1.54) is 0 Å². The lowest BCUT2D eigenvalue weighted by Crippen LogP contribution is -2.48. The Kier molecular flexibility index (Phi) is 7.19. The van der Waals surface area contributed by atoms with E-state index in [1.54, 1.807) is 23.1 Å². The summed E-state index contributed by atoms with van der Waals surface area (Å²) in [6.07, 6.45) is 0.978. The fourth-order valence-corrected chi connectivity index (χ4v) is 5.47. The van der Waals surface area contributed by atoms with Gasteiger partial charge in [-0.05, 0) is 61.2 Å². The lowest BCUT2D eigenvalue weighted by Gasteiger charge is -2.35. The number of aryl methyl sites for hydroxylation is 1. The number of piperazine rings is 1. The minimum atomic E-state index is -3.79. The Morgan fingerprint density at radius 3 is 2.35 bits per heavy atom. The molecule has 1 aliphatic heterocycles. The second-order valence-electron chi connectivity index (χ2n) is 8.63. The molecule has 1 heterocycles. The van der Waals surface area contributed by atoms with Crippen molar-refractivity contribution >= 4 is 45.0 Å². The van der Waals surface area contributed by atoms with Gasteiger partial charge in [0, 0.05) is 48.3 Å². The van der Waals surface area contributed by atoms with Gasteiger partial charge in [-0.25, -0.2) is 17.5 Å². The largest absolute Gasteiger partial charge is 0.336 e. The van der Waals surface area contributed by atoms with Crippen LogP contribution in [0.15, 0.2) is 30.3 Å². The Hall–Kier alpha value is -2.20. The van der Waals surface area contributed by atoms with Crippen LogP contribution in [0.25, 0.3) is 0 Å². The van der Waals surface area contributed by atoms with Gasteiger partial charge in [-0.1, -0.05) is 23.2 Å². The van der Waals surface area contributed by atoms with E-state index >= 15 is 0 Å². The molecule has 2 fully saturated rings. The fraction of sp³-hybridized carbons (Fsp3) is 0.391. The van der Waals surface area contributed by atoms with Gasteiger partial charge in [0.1, 0.15) is 5.82 Å². The Balaban J connectivity index is 1.37. The molecule has 0 bridgehead atoms. The van der Waals surface area contributed by atoms with Crippen LogP contribution < -0.4 is 4.72 Å². The molecule has 0 unspecified atom stereocenters. The number of benzene rings is 2. The average Bonchev–Trinajstić information content (AvgIpc) is 3.64. The molecule has 0 radical (unpaired) electrons. The first-order valence-corrected chi connectivity index (χ1v) is 13.2. The van der Waals surface area contributed by atoms with Crippen LogP contribution in [0, 0.1) is 12.7 Å². The van der Waals surface area contributed by atoms with Crippen molar-refractivity contribution in [1.29, 1.82) is 0 Å². The third-order valence-electron chi connectivity index (χ3n) is 6.04. The van der Waals surface area contributed by atoms with E-state index in [4.69, 9.17) is 23.2 Å². The number of sulfonamides is 1. The van der Waals surface area contributed by atoms with Crippen LogP contribution in [0.3, 0.4) is 0 Å². The highest BCUT2D eigenvalue weighted by Gasteiger charge is 2.37. The summed E-state index contributed by atoms with van der Waals surface area (Å²) in [6, 6.07) is 7.51. The number of amides is 2. The predicted molar refractivity (Wildman–Crippen MR) is 128 cm³/mol. The summed E-state index contributed by atoms with van der Waals surface area (Å²) in [5, 5.41) is 0.188. The van der Waals surface area contributed by atoms with Gasteiger partial charge in [-0.3, -0.25) is 14.5 Å². The Morgan fingerprint density at radius 1 is 1.06 bits per heavy atom. The molecule has 1 saturated heterocycles. The summed E-state index contributed by atoms with van der Waals surface area (Å²) in [7, 11) is -3.79. The third-order valence-corrected chi connectivity index (χ3v) is 8.63. The molecule has 4 rings (SSSR count). The fourth-order valence-electron chi connectivity index (χ4n) is 3.84. The highest BCUT2D eigenvalue weighted by Crippen LogP contribution is 2.28. The van der Waals surface area contributed by atoms with E-state index in [0.29, 0.717) is 61.7 Å². The SMILES string of the molecule is Cc1cc(C(=O)N2CCN(Cc3cc(F)c(C(=O)NS(=O)(=O)C4CC4)cc3Cl)CC2)ccc1Cl. The van der Waals surface area contributed by atoms with Crippen molar-refractivity contribution in [3.05, 3.63) is 68.4 Å². The molecule has 2 aliphatic rings. The number of carbonyl (C=O) groups excluding carboxylic acids is 2. The zero-order valence-electron chi connectivity index (χ0n) is 18.5. The third kappa shape index (κ3) is 5.54. The maximum Gasteiger partial charge on any atom is 0.267 e. The van der Waals surface area contributed by atoms with E-state index in [0.717, 1.165) is 17.7 Å². The molecule has 182 valence electrons. The van der Waals surface area contributed by atoms with E-state index in [1.807, 2.05) is 16.5 Å². The first-order valence-electron chi connectivity index (χ1n) is 10.9. The van der Waals surface area contributed by atoms with Crippen LogP contribution in [-0.4, -0.2) is 61.5 Å². The highest BCUT2D eigenvalue weighted by molar-refractivity contribution is 7.91.